The lowest BCUT2D eigenvalue weighted by Crippen LogP contribution is -1.98. The quantitative estimate of drug-likeness (QED) is 0.716. The Balaban J connectivity index is 1.92. The molecule has 0 aliphatic carbocycles. The fourth-order valence-electron chi connectivity index (χ4n) is 2.45. The van der Waals surface area contributed by atoms with Crippen LogP contribution in [0.2, 0.25) is 0 Å². The number of alkyl halides is 1. The van der Waals surface area contributed by atoms with Gasteiger partial charge in [0.05, 0.1) is 18.0 Å². The maximum absolute atomic E-state index is 5.77. The molecule has 110 valence electrons. The standard InChI is InChI=1S/C18H19BrO2/c1-12-4-5-14(10-13(12)2)18(19)15-6-7-16-17(11-15)21-9-3-8-20-16/h4-7,10-11,18H,3,8-9H2,1-2H3. The summed E-state index contributed by atoms with van der Waals surface area (Å²) >= 11 is 3.80. The highest BCUT2D eigenvalue weighted by Gasteiger charge is 2.16. The second kappa shape index (κ2) is 6.10. The molecule has 1 aliphatic heterocycles. The predicted octanol–water partition coefficient (Wildman–Crippen LogP) is 4.95. The van der Waals surface area contributed by atoms with E-state index in [1.54, 1.807) is 0 Å². The lowest BCUT2D eigenvalue weighted by atomic mass is 10.00. The van der Waals surface area contributed by atoms with Crippen LogP contribution in [0.1, 0.15) is 33.5 Å². The van der Waals surface area contributed by atoms with Gasteiger partial charge < -0.3 is 9.47 Å². The van der Waals surface area contributed by atoms with Crippen LogP contribution in [0, 0.1) is 13.8 Å². The molecule has 1 atom stereocenters. The van der Waals surface area contributed by atoms with Crippen molar-refractivity contribution in [1.29, 1.82) is 0 Å². The smallest absolute Gasteiger partial charge is 0.161 e. The van der Waals surface area contributed by atoms with E-state index in [0.717, 1.165) is 24.5 Å². The van der Waals surface area contributed by atoms with Crippen LogP contribution in [0.25, 0.3) is 0 Å². The van der Waals surface area contributed by atoms with E-state index >= 15 is 0 Å². The second-order valence-electron chi connectivity index (χ2n) is 5.46. The molecule has 0 N–H and O–H groups in total. The molecule has 0 spiro atoms. The topological polar surface area (TPSA) is 18.5 Å². The molecule has 0 bridgehead atoms. The molecular weight excluding hydrogens is 328 g/mol. The number of halogens is 1. The van der Waals surface area contributed by atoms with Crippen molar-refractivity contribution in [2.75, 3.05) is 13.2 Å². The first-order chi connectivity index (χ1) is 10.1. The van der Waals surface area contributed by atoms with Crippen LogP contribution in [0.3, 0.4) is 0 Å². The Kier molecular flexibility index (Phi) is 4.20. The normalized spacial score (nSPS) is 15.4. The molecule has 1 heterocycles. The molecule has 3 rings (SSSR count). The molecule has 0 fully saturated rings. The summed E-state index contributed by atoms with van der Waals surface area (Å²) in [6.45, 7) is 5.72. The average molecular weight is 347 g/mol. The molecule has 0 saturated heterocycles. The van der Waals surface area contributed by atoms with Crippen molar-refractivity contribution in [3.63, 3.8) is 0 Å². The van der Waals surface area contributed by atoms with Crippen LogP contribution in [-0.4, -0.2) is 13.2 Å². The summed E-state index contributed by atoms with van der Waals surface area (Å²) in [5.74, 6) is 1.69. The van der Waals surface area contributed by atoms with E-state index in [2.05, 4.69) is 60.1 Å². The second-order valence-corrected chi connectivity index (χ2v) is 6.38. The van der Waals surface area contributed by atoms with Crippen LogP contribution in [0.5, 0.6) is 11.5 Å². The van der Waals surface area contributed by atoms with Crippen molar-refractivity contribution >= 4 is 15.9 Å². The van der Waals surface area contributed by atoms with Crippen molar-refractivity contribution in [1.82, 2.24) is 0 Å². The summed E-state index contributed by atoms with van der Waals surface area (Å²) in [4.78, 5) is 0.161. The number of rotatable bonds is 2. The van der Waals surface area contributed by atoms with Gasteiger partial charge in [0.25, 0.3) is 0 Å². The number of aryl methyl sites for hydroxylation is 2. The molecule has 2 aromatic rings. The fraction of sp³-hybridized carbons (Fsp3) is 0.333. The zero-order chi connectivity index (χ0) is 14.8. The van der Waals surface area contributed by atoms with Crippen molar-refractivity contribution in [3.05, 3.63) is 58.7 Å². The summed E-state index contributed by atoms with van der Waals surface area (Å²) in [5.41, 5.74) is 5.07. The van der Waals surface area contributed by atoms with Gasteiger partial charge in [-0.1, -0.05) is 40.2 Å². The van der Waals surface area contributed by atoms with Crippen molar-refractivity contribution in [2.45, 2.75) is 25.1 Å². The molecule has 1 unspecified atom stereocenters. The molecule has 0 amide bonds. The third-order valence-electron chi connectivity index (χ3n) is 3.89. The highest BCUT2D eigenvalue weighted by molar-refractivity contribution is 9.09. The Morgan fingerprint density at radius 2 is 1.52 bits per heavy atom. The maximum atomic E-state index is 5.77. The fourth-order valence-corrected chi connectivity index (χ4v) is 3.02. The number of ether oxygens (including phenoxy) is 2. The van der Waals surface area contributed by atoms with Gasteiger partial charge in [-0.2, -0.15) is 0 Å². The third kappa shape index (κ3) is 3.08. The van der Waals surface area contributed by atoms with Crippen LogP contribution in [0.15, 0.2) is 36.4 Å². The minimum Gasteiger partial charge on any atom is -0.490 e. The van der Waals surface area contributed by atoms with E-state index in [9.17, 15) is 0 Å². The number of hydrogen-bond donors (Lipinski definition) is 0. The van der Waals surface area contributed by atoms with Gasteiger partial charge in [-0.3, -0.25) is 0 Å². The van der Waals surface area contributed by atoms with E-state index < -0.39 is 0 Å². The van der Waals surface area contributed by atoms with Gasteiger partial charge in [0.15, 0.2) is 11.5 Å². The van der Waals surface area contributed by atoms with Gasteiger partial charge in [-0.25, -0.2) is 0 Å². The van der Waals surface area contributed by atoms with Gasteiger partial charge in [-0.05, 0) is 48.2 Å². The van der Waals surface area contributed by atoms with E-state index in [4.69, 9.17) is 9.47 Å². The largest absolute Gasteiger partial charge is 0.490 e. The summed E-state index contributed by atoms with van der Waals surface area (Å²) < 4.78 is 11.5. The van der Waals surface area contributed by atoms with Crippen molar-refractivity contribution < 1.29 is 9.47 Å². The van der Waals surface area contributed by atoms with Gasteiger partial charge >= 0.3 is 0 Å². The van der Waals surface area contributed by atoms with Crippen LogP contribution >= 0.6 is 15.9 Å². The van der Waals surface area contributed by atoms with Gasteiger partial charge in [0.1, 0.15) is 0 Å². The van der Waals surface area contributed by atoms with Gasteiger partial charge in [0, 0.05) is 6.42 Å². The Morgan fingerprint density at radius 1 is 0.857 bits per heavy atom. The molecule has 3 heteroatoms. The van der Waals surface area contributed by atoms with E-state index in [-0.39, 0.29) is 4.83 Å². The summed E-state index contributed by atoms with van der Waals surface area (Å²) in [5, 5.41) is 0. The Labute approximate surface area is 134 Å². The summed E-state index contributed by atoms with van der Waals surface area (Å²) in [7, 11) is 0. The van der Waals surface area contributed by atoms with Gasteiger partial charge in [0.2, 0.25) is 0 Å². The van der Waals surface area contributed by atoms with E-state index in [1.165, 1.54) is 22.3 Å². The summed E-state index contributed by atoms with van der Waals surface area (Å²) in [6.07, 6.45) is 0.929. The van der Waals surface area contributed by atoms with Crippen LogP contribution < -0.4 is 9.47 Å². The number of fused-ring (bicyclic) bond motifs is 1. The van der Waals surface area contributed by atoms with E-state index in [1.807, 2.05) is 6.07 Å². The lowest BCUT2D eigenvalue weighted by Gasteiger charge is -2.15. The predicted molar refractivity (Wildman–Crippen MR) is 88.7 cm³/mol. The molecule has 2 aromatic carbocycles. The van der Waals surface area contributed by atoms with Crippen molar-refractivity contribution in [2.24, 2.45) is 0 Å². The minimum absolute atomic E-state index is 0.161. The molecule has 2 nitrogen and oxygen atoms in total. The Bertz CT molecular complexity index is 652. The zero-order valence-corrected chi connectivity index (χ0v) is 13.9. The first-order valence-corrected chi connectivity index (χ1v) is 8.17. The molecule has 21 heavy (non-hydrogen) atoms. The maximum Gasteiger partial charge on any atom is 0.161 e. The minimum atomic E-state index is 0.161. The molecule has 1 aliphatic rings. The number of benzene rings is 2. The SMILES string of the molecule is Cc1ccc(C(Br)c2ccc3c(c2)OCCCO3)cc1C. The zero-order valence-electron chi connectivity index (χ0n) is 12.4. The highest BCUT2D eigenvalue weighted by Crippen LogP contribution is 2.37. The van der Waals surface area contributed by atoms with E-state index in [0.29, 0.717) is 6.61 Å². The lowest BCUT2D eigenvalue weighted by molar-refractivity contribution is 0.297. The Hall–Kier alpha value is -1.48. The number of hydrogen-bond acceptors (Lipinski definition) is 2. The first kappa shape index (κ1) is 14.5. The van der Waals surface area contributed by atoms with Crippen molar-refractivity contribution in [3.8, 4) is 11.5 Å². The molecule has 0 saturated carbocycles. The van der Waals surface area contributed by atoms with Crippen LogP contribution in [0.4, 0.5) is 0 Å². The summed E-state index contributed by atoms with van der Waals surface area (Å²) in [6, 6.07) is 12.8. The monoisotopic (exact) mass is 346 g/mol. The van der Waals surface area contributed by atoms with Crippen LogP contribution in [-0.2, 0) is 0 Å². The molecule has 0 radical (unpaired) electrons. The third-order valence-corrected chi connectivity index (χ3v) is 4.95. The highest BCUT2D eigenvalue weighted by atomic mass is 79.9. The first-order valence-electron chi connectivity index (χ1n) is 7.26. The Morgan fingerprint density at radius 3 is 2.29 bits per heavy atom. The average Bonchev–Trinajstić information content (AvgIpc) is 2.73. The van der Waals surface area contributed by atoms with Gasteiger partial charge in [-0.15, -0.1) is 0 Å². The molecular formula is C18H19BrO2. The molecule has 0 aromatic heterocycles.